The average molecular weight is 385 g/mol. The minimum Gasteiger partial charge on any atom is -0.494 e. The van der Waals surface area contributed by atoms with Crippen molar-refractivity contribution in [1.82, 2.24) is 14.8 Å². The summed E-state index contributed by atoms with van der Waals surface area (Å²) >= 11 is 1.50. The molecule has 0 unspecified atom stereocenters. The monoisotopic (exact) mass is 385 g/mol. The van der Waals surface area contributed by atoms with Gasteiger partial charge in [-0.3, -0.25) is 4.57 Å². The molecule has 3 rings (SSSR count). The number of rotatable bonds is 10. The molecule has 1 heterocycles. The van der Waals surface area contributed by atoms with Crippen molar-refractivity contribution in [3.05, 3.63) is 70.6 Å². The number of hydrogen-bond donors (Lipinski definition) is 1. The Morgan fingerprint density at radius 1 is 1.04 bits per heavy atom. The van der Waals surface area contributed by atoms with Crippen LogP contribution in [0.5, 0.6) is 11.5 Å². The lowest BCUT2D eigenvalue weighted by molar-refractivity contribution is 0.332. The van der Waals surface area contributed by atoms with E-state index in [-0.39, 0.29) is 5.69 Å². The Kier molecular flexibility index (Phi) is 6.98. The van der Waals surface area contributed by atoms with Crippen LogP contribution in [0.15, 0.2) is 64.5 Å². The van der Waals surface area contributed by atoms with Crippen LogP contribution in [0.2, 0.25) is 0 Å². The van der Waals surface area contributed by atoms with Gasteiger partial charge < -0.3 is 9.47 Å². The van der Waals surface area contributed by atoms with Crippen molar-refractivity contribution in [1.29, 1.82) is 0 Å². The van der Waals surface area contributed by atoms with E-state index in [9.17, 15) is 4.79 Å². The van der Waals surface area contributed by atoms with E-state index in [1.165, 1.54) is 17.3 Å². The van der Waals surface area contributed by atoms with Crippen LogP contribution < -0.4 is 15.2 Å². The van der Waals surface area contributed by atoms with Gasteiger partial charge in [-0.1, -0.05) is 42.1 Å². The fraction of sp³-hybridized carbons (Fsp3) is 0.300. The van der Waals surface area contributed by atoms with E-state index < -0.39 is 0 Å². The van der Waals surface area contributed by atoms with Crippen LogP contribution in [0.3, 0.4) is 0 Å². The van der Waals surface area contributed by atoms with Gasteiger partial charge in [0.1, 0.15) is 11.5 Å². The molecular formula is C20H23N3O3S. The Bertz CT molecular complexity index is 875. The standard InChI is InChI=1S/C20H23N3O3S/c1-2-25-17-8-10-18(11-9-17)26-14-15-27-20-22-21-19(24)23(20)13-12-16-6-4-3-5-7-16/h3-11H,2,12-15H2,1H3,(H,21,24). The molecule has 0 amide bonds. The Hall–Kier alpha value is -2.67. The first-order valence-corrected chi connectivity index (χ1v) is 9.92. The first-order valence-electron chi connectivity index (χ1n) is 8.94. The van der Waals surface area contributed by atoms with Gasteiger partial charge in [-0.2, -0.15) is 0 Å². The van der Waals surface area contributed by atoms with Gasteiger partial charge >= 0.3 is 5.69 Å². The van der Waals surface area contributed by atoms with Gasteiger partial charge in [-0.05, 0) is 43.2 Å². The second-order valence-corrected chi connectivity index (χ2v) is 6.86. The summed E-state index contributed by atoms with van der Waals surface area (Å²) in [7, 11) is 0. The van der Waals surface area contributed by atoms with Gasteiger partial charge in [0.2, 0.25) is 0 Å². The largest absolute Gasteiger partial charge is 0.494 e. The second-order valence-electron chi connectivity index (χ2n) is 5.80. The lowest BCUT2D eigenvalue weighted by Crippen LogP contribution is -2.19. The molecule has 1 aromatic heterocycles. The molecule has 2 aromatic carbocycles. The molecule has 142 valence electrons. The highest BCUT2D eigenvalue weighted by Crippen LogP contribution is 2.19. The molecule has 0 saturated heterocycles. The van der Waals surface area contributed by atoms with Crippen molar-refractivity contribution in [3.63, 3.8) is 0 Å². The molecule has 0 fully saturated rings. The third-order valence-electron chi connectivity index (χ3n) is 3.91. The summed E-state index contributed by atoms with van der Waals surface area (Å²) in [5.74, 6) is 2.32. The smallest absolute Gasteiger partial charge is 0.343 e. The van der Waals surface area contributed by atoms with Gasteiger partial charge in [-0.25, -0.2) is 9.89 Å². The quantitative estimate of drug-likeness (QED) is 0.428. The van der Waals surface area contributed by atoms with Crippen molar-refractivity contribution in [3.8, 4) is 11.5 Å². The summed E-state index contributed by atoms with van der Waals surface area (Å²) in [5, 5.41) is 7.34. The molecule has 1 N–H and O–H groups in total. The van der Waals surface area contributed by atoms with Crippen LogP contribution in [0.4, 0.5) is 0 Å². The summed E-state index contributed by atoms with van der Waals surface area (Å²) in [6.45, 7) is 3.72. The van der Waals surface area contributed by atoms with Gasteiger partial charge in [0.25, 0.3) is 0 Å². The van der Waals surface area contributed by atoms with Crippen LogP contribution >= 0.6 is 11.8 Å². The number of aromatic nitrogens is 3. The Labute approximate surface area is 162 Å². The Balaban J connectivity index is 1.47. The van der Waals surface area contributed by atoms with E-state index in [2.05, 4.69) is 22.3 Å². The Morgan fingerprint density at radius 2 is 1.74 bits per heavy atom. The number of hydrogen-bond acceptors (Lipinski definition) is 5. The highest BCUT2D eigenvalue weighted by atomic mass is 32.2. The Morgan fingerprint density at radius 3 is 2.44 bits per heavy atom. The molecule has 0 saturated carbocycles. The van der Waals surface area contributed by atoms with Gasteiger partial charge in [0, 0.05) is 12.3 Å². The SMILES string of the molecule is CCOc1ccc(OCCSc2n[nH]c(=O)n2CCc2ccccc2)cc1. The average Bonchev–Trinajstić information content (AvgIpc) is 3.05. The molecule has 6 nitrogen and oxygen atoms in total. The normalized spacial score (nSPS) is 10.7. The molecule has 3 aromatic rings. The van der Waals surface area contributed by atoms with Gasteiger partial charge in [0.05, 0.1) is 13.2 Å². The highest BCUT2D eigenvalue weighted by Gasteiger charge is 2.09. The molecule has 0 aliphatic heterocycles. The van der Waals surface area contributed by atoms with Crippen molar-refractivity contribution in [2.75, 3.05) is 19.0 Å². The van der Waals surface area contributed by atoms with Gasteiger partial charge in [-0.15, -0.1) is 5.10 Å². The van der Waals surface area contributed by atoms with Crippen LogP contribution in [-0.4, -0.2) is 33.7 Å². The molecule has 0 atom stereocenters. The third-order valence-corrected chi connectivity index (χ3v) is 4.85. The summed E-state index contributed by atoms with van der Waals surface area (Å²) < 4.78 is 12.8. The van der Waals surface area contributed by atoms with E-state index in [4.69, 9.17) is 9.47 Å². The molecule has 7 heteroatoms. The zero-order chi connectivity index (χ0) is 18.9. The molecule has 27 heavy (non-hydrogen) atoms. The number of benzene rings is 2. The topological polar surface area (TPSA) is 69.1 Å². The van der Waals surface area contributed by atoms with E-state index in [0.717, 1.165) is 17.9 Å². The predicted octanol–water partition coefficient (Wildman–Crippen LogP) is 3.38. The number of ether oxygens (including phenoxy) is 2. The van der Waals surface area contributed by atoms with Crippen molar-refractivity contribution < 1.29 is 9.47 Å². The number of nitrogens with zero attached hydrogens (tertiary/aromatic N) is 2. The molecule has 0 spiro atoms. The van der Waals surface area contributed by atoms with Crippen LogP contribution in [0.1, 0.15) is 12.5 Å². The van der Waals surface area contributed by atoms with Crippen LogP contribution in [-0.2, 0) is 13.0 Å². The van der Waals surface area contributed by atoms with Crippen molar-refractivity contribution in [2.45, 2.75) is 25.0 Å². The van der Waals surface area contributed by atoms with E-state index >= 15 is 0 Å². The maximum Gasteiger partial charge on any atom is 0.343 e. The van der Waals surface area contributed by atoms with E-state index in [1.54, 1.807) is 4.57 Å². The first kappa shape index (κ1) is 19.1. The molecule has 0 radical (unpaired) electrons. The molecule has 0 aliphatic rings. The minimum absolute atomic E-state index is 0.180. The van der Waals surface area contributed by atoms with Crippen LogP contribution in [0, 0.1) is 0 Å². The van der Waals surface area contributed by atoms with Crippen molar-refractivity contribution >= 4 is 11.8 Å². The number of thioether (sulfide) groups is 1. The van der Waals surface area contributed by atoms with Crippen molar-refractivity contribution in [2.24, 2.45) is 0 Å². The maximum absolute atomic E-state index is 12.0. The maximum atomic E-state index is 12.0. The molecule has 0 aliphatic carbocycles. The number of nitrogens with one attached hydrogen (secondary N) is 1. The highest BCUT2D eigenvalue weighted by molar-refractivity contribution is 7.99. The predicted molar refractivity (Wildman–Crippen MR) is 107 cm³/mol. The zero-order valence-electron chi connectivity index (χ0n) is 15.3. The number of aryl methyl sites for hydroxylation is 1. The fourth-order valence-corrected chi connectivity index (χ4v) is 3.38. The summed E-state index contributed by atoms with van der Waals surface area (Å²) in [5.41, 5.74) is 1.02. The summed E-state index contributed by atoms with van der Waals surface area (Å²) in [6, 6.07) is 17.7. The first-order chi connectivity index (χ1) is 13.3. The van der Waals surface area contributed by atoms with E-state index in [1.807, 2.05) is 49.4 Å². The van der Waals surface area contributed by atoms with Gasteiger partial charge in [0.15, 0.2) is 5.16 Å². The lowest BCUT2D eigenvalue weighted by Gasteiger charge is -2.08. The fourth-order valence-electron chi connectivity index (χ4n) is 2.59. The molecular weight excluding hydrogens is 362 g/mol. The van der Waals surface area contributed by atoms with E-state index in [0.29, 0.717) is 30.7 Å². The molecule has 0 bridgehead atoms. The van der Waals surface area contributed by atoms with Crippen LogP contribution in [0.25, 0.3) is 0 Å². The number of H-pyrrole nitrogens is 1. The number of aromatic amines is 1. The zero-order valence-corrected chi connectivity index (χ0v) is 16.1. The lowest BCUT2D eigenvalue weighted by atomic mass is 10.1. The second kappa shape index (κ2) is 9.87. The summed E-state index contributed by atoms with van der Waals surface area (Å²) in [6.07, 6.45) is 0.788. The minimum atomic E-state index is -0.180. The third kappa shape index (κ3) is 5.65. The summed E-state index contributed by atoms with van der Waals surface area (Å²) in [4.78, 5) is 12.0.